The van der Waals surface area contributed by atoms with Gasteiger partial charge in [0, 0.05) is 24.7 Å². The first kappa shape index (κ1) is 26.8. The molecule has 204 valence electrons. The third-order valence-corrected chi connectivity index (χ3v) is 6.65. The molecule has 1 fully saturated rings. The third kappa shape index (κ3) is 5.50. The van der Waals surface area contributed by atoms with Crippen molar-refractivity contribution in [3.8, 4) is 28.8 Å². The number of nitriles is 1. The molecular formula is C30H30FN7O2. The lowest BCUT2D eigenvalue weighted by Gasteiger charge is -2.33. The number of nitrogen functional groups attached to an aromatic ring is 1. The van der Waals surface area contributed by atoms with E-state index in [1.807, 2.05) is 39.0 Å². The van der Waals surface area contributed by atoms with Gasteiger partial charge in [0.1, 0.15) is 46.8 Å². The average Bonchev–Trinajstić information content (AvgIpc) is 3.32. The molecule has 1 aliphatic heterocycles. The quantitative estimate of drug-likeness (QED) is 0.256. The molecule has 10 heteroatoms. The molecule has 0 spiro atoms. The van der Waals surface area contributed by atoms with E-state index in [9.17, 15) is 10.1 Å². The van der Waals surface area contributed by atoms with Crippen LogP contribution in [0.5, 0.6) is 11.5 Å². The summed E-state index contributed by atoms with van der Waals surface area (Å²) in [6.45, 7) is 6.68. The third-order valence-electron chi connectivity index (χ3n) is 6.65. The Bertz CT molecular complexity index is 1630. The number of benzene rings is 2. The summed E-state index contributed by atoms with van der Waals surface area (Å²) in [4.78, 5) is 23.5. The molecule has 3 heterocycles. The van der Waals surface area contributed by atoms with Crippen molar-refractivity contribution in [2.45, 2.75) is 39.7 Å². The van der Waals surface area contributed by atoms with Crippen molar-refractivity contribution in [2.75, 3.05) is 18.8 Å². The van der Waals surface area contributed by atoms with Crippen molar-refractivity contribution >= 4 is 22.8 Å². The van der Waals surface area contributed by atoms with Gasteiger partial charge in [-0.25, -0.2) is 19.0 Å². The number of nitrogens with zero attached hydrogens (tertiary/aromatic N) is 6. The lowest BCUT2D eigenvalue weighted by atomic mass is 9.93. The highest BCUT2D eigenvalue weighted by Gasteiger charge is 2.31. The highest BCUT2D eigenvalue weighted by atomic mass is 19.1. The summed E-state index contributed by atoms with van der Waals surface area (Å²) in [5.41, 5.74) is 7.05. The Kier molecular flexibility index (Phi) is 7.22. The predicted octanol–water partition coefficient (Wildman–Crippen LogP) is 5.67. The fourth-order valence-electron chi connectivity index (χ4n) is 4.90. The highest BCUT2D eigenvalue weighted by molar-refractivity contribution is 5.99. The van der Waals surface area contributed by atoms with Crippen molar-refractivity contribution in [1.29, 1.82) is 5.26 Å². The average molecular weight is 540 g/mol. The van der Waals surface area contributed by atoms with Crippen LogP contribution in [0.4, 0.5) is 10.2 Å². The minimum absolute atomic E-state index is 0.116. The van der Waals surface area contributed by atoms with E-state index in [1.54, 1.807) is 39.9 Å². The molecule has 1 aliphatic rings. The van der Waals surface area contributed by atoms with Gasteiger partial charge in [-0.05, 0) is 42.5 Å². The van der Waals surface area contributed by atoms with Gasteiger partial charge >= 0.3 is 0 Å². The van der Waals surface area contributed by atoms with Gasteiger partial charge in [-0.2, -0.15) is 10.4 Å². The van der Waals surface area contributed by atoms with Crippen LogP contribution in [0.3, 0.4) is 0 Å². The normalized spacial score (nSPS) is 16.1. The van der Waals surface area contributed by atoms with Crippen molar-refractivity contribution in [3.63, 3.8) is 0 Å². The first-order chi connectivity index (χ1) is 19.1. The number of hydrogen-bond acceptors (Lipinski definition) is 7. The van der Waals surface area contributed by atoms with Gasteiger partial charge in [0.15, 0.2) is 5.65 Å². The molecule has 0 aliphatic carbocycles. The number of carbonyl (C=O) groups excluding carboxylic acids is 1. The smallest absolute Gasteiger partial charge is 0.264 e. The molecule has 1 atom stereocenters. The fraction of sp³-hybridized carbons (Fsp3) is 0.300. The molecular weight excluding hydrogens is 509 g/mol. The zero-order valence-electron chi connectivity index (χ0n) is 22.6. The number of halogens is 1. The van der Waals surface area contributed by atoms with Crippen LogP contribution < -0.4 is 10.5 Å². The van der Waals surface area contributed by atoms with Crippen molar-refractivity contribution in [2.24, 2.45) is 5.41 Å². The summed E-state index contributed by atoms with van der Waals surface area (Å²) in [7, 11) is 0. The number of anilines is 1. The molecule has 5 rings (SSSR count). The summed E-state index contributed by atoms with van der Waals surface area (Å²) >= 11 is 0. The maximum atomic E-state index is 15.5. The van der Waals surface area contributed by atoms with E-state index in [0.717, 1.165) is 6.42 Å². The van der Waals surface area contributed by atoms with E-state index >= 15 is 4.39 Å². The number of rotatable bonds is 5. The van der Waals surface area contributed by atoms with Crippen molar-refractivity contribution in [3.05, 3.63) is 72.3 Å². The summed E-state index contributed by atoms with van der Waals surface area (Å²) in [6.07, 6.45) is 4.48. The molecule has 4 aromatic rings. The summed E-state index contributed by atoms with van der Waals surface area (Å²) < 4.78 is 23.0. The molecule has 0 radical (unpaired) electrons. The minimum atomic E-state index is -0.533. The number of nitrogens with two attached hydrogens (primary N) is 1. The van der Waals surface area contributed by atoms with Crippen LogP contribution in [-0.4, -0.2) is 43.6 Å². The zero-order valence-corrected chi connectivity index (χ0v) is 22.6. The van der Waals surface area contributed by atoms with Gasteiger partial charge in [-0.15, -0.1) is 0 Å². The van der Waals surface area contributed by atoms with Gasteiger partial charge in [-0.3, -0.25) is 4.79 Å². The number of carbonyl (C=O) groups is 1. The van der Waals surface area contributed by atoms with Gasteiger partial charge < -0.3 is 15.4 Å². The molecule has 0 bridgehead atoms. The molecule has 1 saturated heterocycles. The summed E-state index contributed by atoms with van der Waals surface area (Å²) in [6, 6.07) is 15.5. The van der Waals surface area contributed by atoms with E-state index in [4.69, 9.17) is 15.6 Å². The van der Waals surface area contributed by atoms with E-state index in [2.05, 4.69) is 16.0 Å². The van der Waals surface area contributed by atoms with E-state index in [0.29, 0.717) is 47.7 Å². The number of allylic oxidation sites excluding steroid dienone is 1. The summed E-state index contributed by atoms with van der Waals surface area (Å²) in [5, 5.41) is 14.9. The Morgan fingerprint density at radius 2 is 1.95 bits per heavy atom. The Morgan fingerprint density at radius 1 is 1.18 bits per heavy atom. The second kappa shape index (κ2) is 10.8. The number of amides is 1. The maximum Gasteiger partial charge on any atom is 0.264 e. The molecule has 2 N–H and O–H groups in total. The zero-order chi connectivity index (χ0) is 28.4. The topological polar surface area (TPSA) is 123 Å². The Hall–Kier alpha value is -4.78. The summed E-state index contributed by atoms with van der Waals surface area (Å²) in [5.74, 6) is 0.273. The van der Waals surface area contributed by atoms with Crippen molar-refractivity contribution < 1.29 is 13.9 Å². The maximum absolute atomic E-state index is 15.5. The first-order valence-electron chi connectivity index (χ1n) is 13.1. The Balaban J connectivity index is 1.49. The van der Waals surface area contributed by atoms with E-state index < -0.39 is 5.82 Å². The van der Waals surface area contributed by atoms with E-state index in [-0.39, 0.29) is 34.3 Å². The molecule has 0 unspecified atom stereocenters. The minimum Gasteiger partial charge on any atom is -0.457 e. The largest absolute Gasteiger partial charge is 0.457 e. The van der Waals surface area contributed by atoms with Gasteiger partial charge in [0.05, 0.1) is 11.4 Å². The number of piperidine rings is 1. The van der Waals surface area contributed by atoms with Crippen LogP contribution in [0.2, 0.25) is 0 Å². The fourth-order valence-corrected chi connectivity index (χ4v) is 4.90. The van der Waals surface area contributed by atoms with Gasteiger partial charge in [-0.1, -0.05) is 45.0 Å². The Morgan fingerprint density at radius 3 is 2.65 bits per heavy atom. The molecule has 0 saturated carbocycles. The van der Waals surface area contributed by atoms with Crippen LogP contribution in [0.15, 0.2) is 66.5 Å². The molecule has 9 nitrogen and oxygen atoms in total. The van der Waals surface area contributed by atoms with Crippen LogP contribution in [0.1, 0.15) is 39.7 Å². The van der Waals surface area contributed by atoms with Crippen LogP contribution >= 0.6 is 0 Å². The van der Waals surface area contributed by atoms with Crippen LogP contribution in [-0.2, 0) is 4.79 Å². The Labute approximate surface area is 231 Å². The predicted molar refractivity (Wildman–Crippen MR) is 150 cm³/mol. The molecule has 1 amide bonds. The lowest BCUT2D eigenvalue weighted by Crippen LogP contribution is -2.41. The highest BCUT2D eigenvalue weighted by Crippen LogP contribution is 2.36. The molecule has 2 aromatic carbocycles. The number of likely N-dealkylation sites (tertiary alicyclic amines) is 1. The number of aromatic nitrogens is 4. The molecule has 2 aromatic heterocycles. The number of ether oxygens (including phenoxy) is 1. The van der Waals surface area contributed by atoms with Crippen LogP contribution in [0, 0.1) is 22.6 Å². The van der Waals surface area contributed by atoms with E-state index in [1.165, 1.54) is 12.4 Å². The van der Waals surface area contributed by atoms with Gasteiger partial charge in [0.2, 0.25) is 0 Å². The standard InChI is InChI=1S/C30H30FN7O2/c1-30(2,3)15-19(16-32)29(39)37-13-7-8-20(17-37)38-28-25(27(33)34-18-35-28)26(36-38)23-12-11-22(14-24(23)31)40-21-9-5-4-6-10-21/h4-6,9-12,14-15,18,20H,7-8,13,17H2,1-3H3,(H2,33,34,35)/t20-/m0/s1. The van der Waals surface area contributed by atoms with Gasteiger partial charge in [0.25, 0.3) is 5.91 Å². The first-order valence-corrected chi connectivity index (χ1v) is 13.1. The monoisotopic (exact) mass is 539 g/mol. The number of hydrogen-bond donors (Lipinski definition) is 1. The second-order valence-electron chi connectivity index (χ2n) is 10.9. The SMILES string of the molecule is CC(C)(C)C=C(C#N)C(=O)N1CCC[C@H](n2nc(-c3ccc(Oc4ccccc4)cc3F)c3c(N)ncnc32)C1. The lowest BCUT2D eigenvalue weighted by molar-refractivity contribution is -0.128. The molecule has 40 heavy (non-hydrogen) atoms. The van der Waals surface area contributed by atoms with Crippen molar-refractivity contribution in [1.82, 2.24) is 24.6 Å². The van der Waals surface area contributed by atoms with Crippen LogP contribution in [0.25, 0.3) is 22.3 Å². The number of fused-ring (bicyclic) bond motifs is 1. The number of para-hydroxylation sites is 1. The second-order valence-corrected chi connectivity index (χ2v) is 10.9.